The number of piperazine rings is 1. The summed E-state index contributed by atoms with van der Waals surface area (Å²) >= 11 is 1.34. The zero-order chi connectivity index (χ0) is 20.7. The Morgan fingerprint density at radius 3 is 2.57 bits per heavy atom. The van der Waals surface area contributed by atoms with Crippen LogP contribution in [0.25, 0.3) is 21.3 Å². The van der Waals surface area contributed by atoms with Gasteiger partial charge in [0.25, 0.3) is 5.56 Å². The van der Waals surface area contributed by atoms with E-state index < -0.39 is 0 Å². The van der Waals surface area contributed by atoms with Crippen LogP contribution in [0.5, 0.6) is 0 Å². The molecule has 0 atom stereocenters. The van der Waals surface area contributed by atoms with E-state index in [1.54, 1.807) is 6.07 Å². The van der Waals surface area contributed by atoms with Gasteiger partial charge in [0, 0.05) is 42.8 Å². The Morgan fingerprint density at radius 1 is 1.03 bits per heavy atom. The van der Waals surface area contributed by atoms with Gasteiger partial charge >= 0.3 is 0 Å². The van der Waals surface area contributed by atoms with E-state index in [2.05, 4.69) is 46.0 Å². The van der Waals surface area contributed by atoms with Crippen LogP contribution in [0.4, 0.5) is 16.0 Å². The summed E-state index contributed by atoms with van der Waals surface area (Å²) in [6.45, 7) is 5.33. The van der Waals surface area contributed by atoms with E-state index in [9.17, 15) is 9.18 Å². The number of fused-ring (bicyclic) bond motifs is 1. The van der Waals surface area contributed by atoms with Gasteiger partial charge in [-0.05, 0) is 42.3 Å². The summed E-state index contributed by atoms with van der Waals surface area (Å²) in [6.07, 6.45) is 0. The summed E-state index contributed by atoms with van der Waals surface area (Å²) in [5.74, 6) is 0.275. The molecule has 0 bridgehead atoms. The van der Waals surface area contributed by atoms with Gasteiger partial charge in [-0.3, -0.25) is 9.78 Å². The lowest BCUT2D eigenvalue weighted by Crippen LogP contribution is -2.47. The van der Waals surface area contributed by atoms with Crippen molar-refractivity contribution in [1.82, 2.24) is 9.97 Å². The number of rotatable bonds is 3. The van der Waals surface area contributed by atoms with E-state index >= 15 is 0 Å². The van der Waals surface area contributed by atoms with Gasteiger partial charge in [-0.25, -0.2) is 9.37 Å². The van der Waals surface area contributed by atoms with Crippen LogP contribution in [0.3, 0.4) is 0 Å². The molecule has 4 aromatic rings. The number of aryl methyl sites for hydroxylation is 1. The van der Waals surface area contributed by atoms with Crippen LogP contribution in [-0.2, 0) is 0 Å². The first-order valence-corrected chi connectivity index (χ1v) is 10.8. The maximum Gasteiger partial charge on any atom is 0.270 e. The van der Waals surface area contributed by atoms with Gasteiger partial charge in [0.15, 0.2) is 0 Å². The quantitative estimate of drug-likeness (QED) is 0.533. The molecule has 1 fully saturated rings. The second kappa shape index (κ2) is 7.57. The van der Waals surface area contributed by atoms with E-state index in [-0.39, 0.29) is 11.4 Å². The van der Waals surface area contributed by atoms with Gasteiger partial charge in [0.1, 0.15) is 10.5 Å². The van der Waals surface area contributed by atoms with Crippen molar-refractivity contribution in [1.29, 1.82) is 0 Å². The third-order valence-corrected chi connectivity index (χ3v) is 6.46. The van der Waals surface area contributed by atoms with Crippen molar-refractivity contribution < 1.29 is 4.39 Å². The molecule has 1 saturated heterocycles. The summed E-state index contributed by atoms with van der Waals surface area (Å²) in [4.78, 5) is 24.9. The van der Waals surface area contributed by atoms with Crippen molar-refractivity contribution >= 4 is 33.2 Å². The topological polar surface area (TPSA) is 52.2 Å². The van der Waals surface area contributed by atoms with E-state index in [0.717, 1.165) is 37.3 Å². The van der Waals surface area contributed by atoms with Crippen LogP contribution < -0.4 is 15.4 Å². The number of nitrogens with zero attached hydrogens (tertiary/aromatic N) is 3. The number of thiophene rings is 1. The number of halogens is 1. The van der Waals surface area contributed by atoms with Crippen LogP contribution in [0.1, 0.15) is 5.56 Å². The second-order valence-electron chi connectivity index (χ2n) is 7.54. The summed E-state index contributed by atoms with van der Waals surface area (Å²) < 4.78 is 14.3. The SMILES string of the molecule is Cc1cccc(N2CCN(c3nc4c(-c5cccc(F)c5)csc4c(=O)[nH]3)CC2)c1. The number of H-pyrrole nitrogens is 1. The van der Waals surface area contributed by atoms with Gasteiger partial charge in [-0.1, -0.05) is 24.3 Å². The summed E-state index contributed by atoms with van der Waals surface area (Å²) in [5.41, 5.74) is 4.47. The fraction of sp³-hybridized carbons (Fsp3) is 0.217. The number of aromatic nitrogens is 2. The number of hydrogen-bond donors (Lipinski definition) is 1. The van der Waals surface area contributed by atoms with E-state index in [1.165, 1.54) is 34.7 Å². The molecular weight excluding hydrogens is 399 g/mol. The zero-order valence-corrected chi connectivity index (χ0v) is 17.4. The van der Waals surface area contributed by atoms with Crippen LogP contribution in [0.15, 0.2) is 58.7 Å². The molecule has 5 rings (SSSR count). The van der Waals surface area contributed by atoms with Gasteiger partial charge < -0.3 is 9.80 Å². The summed E-state index contributed by atoms with van der Waals surface area (Å²) in [6, 6.07) is 14.9. The Hall–Kier alpha value is -3.19. The van der Waals surface area contributed by atoms with E-state index in [4.69, 9.17) is 4.98 Å². The molecule has 0 aliphatic carbocycles. The van der Waals surface area contributed by atoms with E-state index in [0.29, 0.717) is 16.2 Å². The minimum atomic E-state index is -0.302. The highest BCUT2D eigenvalue weighted by Crippen LogP contribution is 2.32. The van der Waals surface area contributed by atoms with Gasteiger partial charge in [0.05, 0.1) is 5.52 Å². The second-order valence-corrected chi connectivity index (χ2v) is 8.42. The Labute approximate surface area is 177 Å². The van der Waals surface area contributed by atoms with Crippen molar-refractivity contribution in [2.75, 3.05) is 36.0 Å². The van der Waals surface area contributed by atoms with Gasteiger partial charge in [-0.15, -0.1) is 11.3 Å². The van der Waals surface area contributed by atoms with Crippen LogP contribution in [0.2, 0.25) is 0 Å². The van der Waals surface area contributed by atoms with Crippen LogP contribution in [0, 0.1) is 12.7 Å². The van der Waals surface area contributed by atoms with Crippen molar-refractivity contribution in [3.63, 3.8) is 0 Å². The molecule has 2 aromatic heterocycles. The van der Waals surface area contributed by atoms with Crippen LogP contribution >= 0.6 is 11.3 Å². The molecule has 152 valence electrons. The minimum absolute atomic E-state index is 0.149. The Balaban J connectivity index is 1.44. The molecule has 3 heterocycles. The summed E-state index contributed by atoms with van der Waals surface area (Å²) in [7, 11) is 0. The third-order valence-electron chi connectivity index (χ3n) is 5.50. The molecule has 0 radical (unpaired) electrons. The molecule has 2 aromatic carbocycles. The highest BCUT2D eigenvalue weighted by atomic mass is 32.1. The standard InChI is InChI=1S/C23H21FN4OS/c1-15-4-2-7-18(12-15)27-8-10-28(11-9-27)23-25-20-19(14-30-21(20)22(29)26-23)16-5-3-6-17(24)13-16/h2-7,12-14H,8-11H2,1H3,(H,25,26,29). The normalized spacial score (nSPS) is 14.5. The molecule has 1 aliphatic heterocycles. The number of hydrogen-bond acceptors (Lipinski definition) is 5. The molecule has 5 nitrogen and oxygen atoms in total. The van der Waals surface area contributed by atoms with Crippen molar-refractivity contribution in [2.24, 2.45) is 0 Å². The predicted molar refractivity (Wildman–Crippen MR) is 121 cm³/mol. The minimum Gasteiger partial charge on any atom is -0.368 e. The average Bonchev–Trinajstić information content (AvgIpc) is 3.19. The smallest absolute Gasteiger partial charge is 0.270 e. The first-order chi connectivity index (χ1) is 14.6. The Morgan fingerprint density at radius 2 is 1.80 bits per heavy atom. The molecule has 0 saturated carbocycles. The number of aromatic amines is 1. The number of benzene rings is 2. The number of anilines is 2. The predicted octanol–water partition coefficient (Wildman–Crippen LogP) is 4.43. The fourth-order valence-corrected chi connectivity index (χ4v) is 4.84. The van der Waals surface area contributed by atoms with Crippen LogP contribution in [-0.4, -0.2) is 36.1 Å². The lowest BCUT2D eigenvalue weighted by atomic mass is 10.1. The maximum atomic E-state index is 13.7. The van der Waals surface area contributed by atoms with Gasteiger partial charge in [-0.2, -0.15) is 0 Å². The molecule has 1 N–H and O–H groups in total. The van der Waals surface area contributed by atoms with Crippen molar-refractivity contribution in [3.8, 4) is 11.1 Å². The lowest BCUT2D eigenvalue weighted by molar-refractivity contribution is 0.628. The van der Waals surface area contributed by atoms with E-state index in [1.807, 2.05) is 11.4 Å². The molecule has 0 amide bonds. The van der Waals surface area contributed by atoms with Crippen molar-refractivity contribution in [3.05, 3.63) is 75.6 Å². The monoisotopic (exact) mass is 420 g/mol. The lowest BCUT2D eigenvalue weighted by Gasteiger charge is -2.36. The first-order valence-electron chi connectivity index (χ1n) is 9.92. The fourth-order valence-electron chi connectivity index (χ4n) is 3.93. The van der Waals surface area contributed by atoms with Crippen molar-refractivity contribution in [2.45, 2.75) is 6.92 Å². The molecular formula is C23H21FN4OS. The largest absolute Gasteiger partial charge is 0.368 e. The molecule has 0 spiro atoms. The molecule has 30 heavy (non-hydrogen) atoms. The Bertz CT molecular complexity index is 1270. The van der Waals surface area contributed by atoms with Gasteiger partial charge in [0.2, 0.25) is 5.95 Å². The highest BCUT2D eigenvalue weighted by Gasteiger charge is 2.21. The third kappa shape index (κ3) is 3.45. The molecule has 7 heteroatoms. The first kappa shape index (κ1) is 18.8. The Kier molecular flexibility index (Phi) is 4.75. The molecule has 1 aliphatic rings. The highest BCUT2D eigenvalue weighted by molar-refractivity contribution is 7.17. The average molecular weight is 421 g/mol. The number of nitrogens with one attached hydrogen (secondary N) is 1. The zero-order valence-electron chi connectivity index (χ0n) is 16.6. The summed E-state index contributed by atoms with van der Waals surface area (Å²) in [5, 5.41) is 1.88. The molecule has 0 unspecified atom stereocenters. The maximum absolute atomic E-state index is 13.7.